The van der Waals surface area contributed by atoms with Gasteiger partial charge >= 0.3 is 6.18 Å². The van der Waals surface area contributed by atoms with Crippen LogP contribution in [0.1, 0.15) is 18.1 Å². The third-order valence-corrected chi connectivity index (χ3v) is 3.50. The molecule has 0 spiro atoms. The first-order chi connectivity index (χ1) is 13.3. The van der Waals surface area contributed by atoms with Crippen molar-refractivity contribution in [2.24, 2.45) is 0 Å². The number of alkyl halides is 3. The number of hydrazine groups is 1. The summed E-state index contributed by atoms with van der Waals surface area (Å²) in [6.07, 6.45) is -4.62. The lowest BCUT2D eigenvalue weighted by atomic mass is 10.1. The highest BCUT2D eigenvalue weighted by Gasteiger charge is 2.29. The van der Waals surface area contributed by atoms with E-state index in [0.717, 1.165) is 12.1 Å². The highest BCUT2D eigenvalue weighted by atomic mass is 19.4. The minimum atomic E-state index is -4.43. The van der Waals surface area contributed by atoms with E-state index in [1.54, 1.807) is 24.3 Å². The maximum Gasteiger partial charge on any atom is 0.416 e. The number of nitrogens with one attached hydrogen (secondary N) is 2. The van der Waals surface area contributed by atoms with Crippen molar-refractivity contribution in [1.29, 1.82) is 0 Å². The molecular formula is C19H19F3N2O4. The minimum Gasteiger partial charge on any atom is -0.490 e. The van der Waals surface area contributed by atoms with Crippen LogP contribution in [0.3, 0.4) is 0 Å². The van der Waals surface area contributed by atoms with Gasteiger partial charge in [0.2, 0.25) is 5.91 Å². The second-order valence-electron chi connectivity index (χ2n) is 5.64. The number of hydrogen-bond acceptors (Lipinski definition) is 4. The average molecular weight is 396 g/mol. The molecule has 2 rings (SSSR count). The molecule has 0 fully saturated rings. The molecule has 0 aliphatic carbocycles. The van der Waals surface area contributed by atoms with Crippen LogP contribution in [0.15, 0.2) is 48.5 Å². The van der Waals surface area contributed by atoms with Crippen LogP contribution in [0.4, 0.5) is 13.2 Å². The van der Waals surface area contributed by atoms with Crippen LogP contribution in [-0.4, -0.2) is 25.0 Å². The van der Waals surface area contributed by atoms with Gasteiger partial charge in [-0.1, -0.05) is 24.3 Å². The SMILES string of the molecule is CCOc1ccccc1OCC(=O)NNC(=O)Cc1ccc(C(F)(F)F)cc1. The summed E-state index contributed by atoms with van der Waals surface area (Å²) in [5, 5.41) is 0. The Morgan fingerprint density at radius 2 is 1.46 bits per heavy atom. The van der Waals surface area contributed by atoms with Gasteiger partial charge in [-0.3, -0.25) is 20.4 Å². The summed E-state index contributed by atoms with van der Waals surface area (Å²) in [6, 6.07) is 11.0. The van der Waals surface area contributed by atoms with E-state index < -0.39 is 23.6 Å². The van der Waals surface area contributed by atoms with Gasteiger partial charge in [-0.2, -0.15) is 13.2 Å². The minimum absolute atomic E-state index is 0.188. The van der Waals surface area contributed by atoms with Crippen molar-refractivity contribution in [3.8, 4) is 11.5 Å². The van der Waals surface area contributed by atoms with Crippen molar-refractivity contribution >= 4 is 11.8 Å². The summed E-state index contributed by atoms with van der Waals surface area (Å²) in [4.78, 5) is 23.6. The maximum absolute atomic E-state index is 12.5. The fourth-order valence-corrected chi connectivity index (χ4v) is 2.20. The molecule has 0 aliphatic rings. The highest BCUT2D eigenvalue weighted by molar-refractivity contribution is 5.83. The Hall–Kier alpha value is -3.23. The standard InChI is InChI=1S/C19H19F3N2O4/c1-2-27-15-5-3-4-6-16(15)28-12-18(26)24-23-17(25)11-13-7-9-14(10-8-13)19(20,21)22/h3-10H,2,11-12H2,1H3,(H,23,25)(H,24,26). The molecule has 9 heteroatoms. The fourth-order valence-electron chi connectivity index (χ4n) is 2.20. The third kappa shape index (κ3) is 6.49. The zero-order chi connectivity index (χ0) is 20.6. The Morgan fingerprint density at radius 3 is 2.04 bits per heavy atom. The van der Waals surface area contributed by atoms with Crippen LogP contribution in [0, 0.1) is 0 Å². The molecule has 0 radical (unpaired) electrons. The normalized spacial score (nSPS) is 10.9. The quantitative estimate of drug-likeness (QED) is 0.706. The first-order valence-corrected chi connectivity index (χ1v) is 8.38. The van der Waals surface area contributed by atoms with E-state index in [1.807, 2.05) is 6.92 Å². The van der Waals surface area contributed by atoms with Crippen molar-refractivity contribution < 1.29 is 32.2 Å². The number of rotatable bonds is 7. The molecule has 2 aromatic rings. The molecule has 0 bridgehead atoms. The van der Waals surface area contributed by atoms with Gasteiger partial charge in [-0.05, 0) is 36.8 Å². The van der Waals surface area contributed by atoms with E-state index in [-0.39, 0.29) is 13.0 Å². The van der Waals surface area contributed by atoms with E-state index in [4.69, 9.17) is 9.47 Å². The van der Waals surface area contributed by atoms with E-state index in [9.17, 15) is 22.8 Å². The molecule has 0 atom stereocenters. The van der Waals surface area contributed by atoms with Gasteiger partial charge in [-0.25, -0.2) is 0 Å². The summed E-state index contributed by atoms with van der Waals surface area (Å²) in [5.41, 5.74) is 3.94. The first kappa shape index (κ1) is 21.1. The Morgan fingerprint density at radius 1 is 0.893 bits per heavy atom. The summed E-state index contributed by atoms with van der Waals surface area (Å²) in [6.45, 7) is 1.90. The van der Waals surface area contributed by atoms with Crippen LogP contribution in [0.5, 0.6) is 11.5 Å². The second-order valence-corrected chi connectivity index (χ2v) is 5.64. The zero-order valence-electron chi connectivity index (χ0n) is 15.0. The monoisotopic (exact) mass is 396 g/mol. The molecule has 0 unspecified atom stereocenters. The topological polar surface area (TPSA) is 76.7 Å². The smallest absolute Gasteiger partial charge is 0.416 e. The van der Waals surface area contributed by atoms with E-state index in [2.05, 4.69) is 10.9 Å². The molecule has 0 saturated carbocycles. The molecule has 2 amide bonds. The number of carbonyl (C=O) groups excluding carboxylic acids is 2. The highest BCUT2D eigenvalue weighted by Crippen LogP contribution is 2.29. The molecule has 0 saturated heterocycles. The summed E-state index contributed by atoms with van der Waals surface area (Å²) < 4.78 is 48.2. The molecule has 0 aromatic heterocycles. The predicted molar refractivity (Wildman–Crippen MR) is 94.5 cm³/mol. The molecule has 0 aliphatic heterocycles. The third-order valence-electron chi connectivity index (χ3n) is 3.50. The van der Waals surface area contributed by atoms with E-state index in [0.29, 0.717) is 23.7 Å². The lowest BCUT2D eigenvalue weighted by Crippen LogP contribution is -2.44. The fraction of sp³-hybridized carbons (Fsp3) is 0.263. The van der Waals surface area contributed by atoms with Crippen LogP contribution >= 0.6 is 0 Å². The number of ether oxygens (including phenoxy) is 2. The van der Waals surface area contributed by atoms with Crippen LogP contribution in [0.25, 0.3) is 0 Å². The van der Waals surface area contributed by atoms with Crippen molar-refractivity contribution in [2.45, 2.75) is 19.5 Å². The Balaban J connectivity index is 1.77. The number of hydrogen-bond donors (Lipinski definition) is 2. The molecular weight excluding hydrogens is 377 g/mol. The van der Waals surface area contributed by atoms with Gasteiger partial charge in [0.1, 0.15) is 0 Å². The maximum atomic E-state index is 12.5. The Labute approximate surface area is 159 Å². The second kappa shape index (κ2) is 9.63. The molecule has 2 N–H and O–H groups in total. The number of carbonyl (C=O) groups is 2. The zero-order valence-corrected chi connectivity index (χ0v) is 15.0. The Kier molecular flexibility index (Phi) is 7.25. The van der Waals surface area contributed by atoms with Crippen molar-refractivity contribution in [2.75, 3.05) is 13.2 Å². The largest absolute Gasteiger partial charge is 0.490 e. The van der Waals surface area contributed by atoms with Crippen LogP contribution < -0.4 is 20.3 Å². The molecule has 6 nitrogen and oxygen atoms in total. The van der Waals surface area contributed by atoms with Crippen LogP contribution in [-0.2, 0) is 22.2 Å². The van der Waals surface area contributed by atoms with Crippen molar-refractivity contribution in [3.05, 3.63) is 59.7 Å². The molecule has 150 valence electrons. The first-order valence-electron chi connectivity index (χ1n) is 8.38. The number of para-hydroxylation sites is 2. The number of halogens is 3. The Bertz CT molecular complexity index is 808. The van der Waals surface area contributed by atoms with Gasteiger partial charge < -0.3 is 9.47 Å². The van der Waals surface area contributed by atoms with Gasteiger partial charge in [0.15, 0.2) is 18.1 Å². The summed E-state index contributed by atoms with van der Waals surface area (Å²) in [7, 11) is 0. The lowest BCUT2D eigenvalue weighted by molar-refractivity contribution is -0.137. The molecule has 28 heavy (non-hydrogen) atoms. The molecule has 0 heterocycles. The van der Waals surface area contributed by atoms with Crippen molar-refractivity contribution in [1.82, 2.24) is 10.9 Å². The number of benzene rings is 2. The summed E-state index contributed by atoms with van der Waals surface area (Å²) >= 11 is 0. The van der Waals surface area contributed by atoms with Gasteiger partial charge in [0, 0.05) is 0 Å². The van der Waals surface area contributed by atoms with Gasteiger partial charge in [0.25, 0.3) is 5.91 Å². The summed E-state index contributed by atoms with van der Waals surface area (Å²) in [5.74, 6) is -0.311. The lowest BCUT2D eigenvalue weighted by Gasteiger charge is -2.12. The van der Waals surface area contributed by atoms with E-state index >= 15 is 0 Å². The van der Waals surface area contributed by atoms with Gasteiger partial charge in [-0.15, -0.1) is 0 Å². The average Bonchev–Trinajstić information content (AvgIpc) is 2.65. The molecule has 2 aromatic carbocycles. The number of amides is 2. The van der Waals surface area contributed by atoms with E-state index in [1.165, 1.54) is 12.1 Å². The van der Waals surface area contributed by atoms with Gasteiger partial charge in [0.05, 0.1) is 18.6 Å². The predicted octanol–water partition coefficient (Wildman–Crippen LogP) is 2.87. The van der Waals surface area contributed by atoms with Crippen molar-refractivity contribution in [3.63, 3.8) is 0 Å². The van der Waals surface area contributed by atoms with Crippen LogP contribution in [0.2, 0.25) is 0 Å².